The topological polar surface area (TPSA) is 35.2 Å². The summed E-state index contributed by atoms with van der Waals surface area (Å²) in [6, 6.07) is 8.40. The molecule has 2 atom stereocenters. The number of hydrogen-bond donors (Lipinski definition) is 1. The van der Waals surface area contributed by atoms with Gasteiger partial charge in [0.05, 0.1) is 0 Å². The Morgan fingerprint density at radius 3 is 2.73 bits per heavy atom. The highest BCUT2D eigenvalue weighted by Crippen LogP contribution is 2.41. The maximum atomic E-state index is 6.05. The second-order valence-electron chi connectivity index (χ2n) is 5.07. The molecule has 2 nitrogen and oxygen atoms in total. The fourth-order valence-electron chi connectivity index (χ4n) is 2.33. The van der Waals surface area contributed by atoms with Crippen LogP contribution in [-0.4, -0.2) is 11.6 Å². The molecular formula is C13H19NO. The third-order valence-electron chi connectivity index (χ3n) is 3.05. The van der Waals surface area contributed by atoms with Crippen LogP contribution in [0.15, 0.2) is 24.3 Å². The molecule has 15 heavy (non-hydrogen) atoms. The minimum absolute atomic E-state index is 0.105. The Balaban J connectivity index is 2.43. The van der Waals surface area contributed by atoms with Crippen LogP contribution in [0.5, 0.6) is 5.75 Å². The molecule has 0 aliphatic carbocycles. The van der Waals surface area contributed by atoms with E-state index in [1.54, 1.807) is 0 Å². The van der Waals surface area contributed by atoms with Crippen LogP contribution in [0.4, 0.5) is 0 Å². The molecule has 0 fully saturated rings. The quantitative estimate of drug-likeness (QED) is 0.765. The fraction of sp³-hybridized carbons (Fsp3) is 0.538. The molecule has 1 aliphatic rings. The normalized spacial score (nSPS) is 25.2. The van der Waals surface area contributed by atoms with E-state index in [2.05, 4.69) is 32.9 Å². The summed E-state index contributed by atoms with van der Waals surface area (Å²) in [5, 5.41) is 0. The molecule has 2 heteroatoms. The second kappa shape index (κ2) is 3.53. The number of benzene rings is 1. The van der Waals surface area contributed by atoms with Crippen LogP contribution in [0.3, 0.4) is 0 Å². The molecule has 0 amide bonds. The van der Waals surface area contributed by atoms with E-state index in [0.29, 0.717) is 5.92 Å². The molecule has 2 N–H and O–H groups in total. The molecule has 1 heterocycles. The average molecular weight is 205 g/mol. The lowest BCUT2D eigenvalue weighted by Crippen LogP contribution is -2.40. The summed E-state index contributed by atoms with van der Waals surface area (Å²) in [6.07, 6.45) is 0.988. The van der Waals surface area contributed by atoms with Gasteiger partial charge in [-0.25, -0.2) is 0 Å². The number of hydrogen-bond acceptors (Lipinski definition) is 2. The van der Waals surface area contributed by atoms with Crippen molar-refractivity contribution in [3.63, 3.8) is 0 Å². The summed E-state index contributed by atoms with van der Waals surface area (Å²) in [7, 11) is 0. The van der Waals surface area contributed by atoms with Crippen molar-refractivity contribution in [3.8, 4) is 5.75 Å². The van der Waals surface area contributed by atoms with Crippen molar-refractivity contribution in [2.24, 2.45) is 5.73 Å². The van der Waals surface area contributed by atoms with E-state index >= 15 is 0 Å². The summed E-state index contributed by atoms with van der Waals surface area (Å²) >= 11 is 0. The molecular weight excluding hydrogens is 186 g/mol. The van der Waals surface area contributed by atoms with Crippen LogP contribution < -0.4 is 10.5 Å². The van der Waals surface area contributed by atoms with Crippen LogP contribution in [0, 0.1) is 0 Å². The lowest BCUT2D eigenvalue weighted by Gasteiger charge is -2.39. The average Bonchev–Trinajstić information content (AvgIpc) is 2.14. The molecule has 1 aromatic carbocycles. The SMILES string of the molecule is CC(N)C1CC(C)(C)Oc2ccccc21. The van der Waals surface area contributed by atoms with Crippen molar-refractivity contribution in [2.45, 2.75) is 44.8 Å². The van der Waals surface area contributed by atoms with Crippen molar-refractivity contribution in [1.29, 1.82) is 0 Å². The standard InChI is InChI=1S/C13H19NO/c1-9(14)11-8-13(2,3)15-12-7-5-4-6-10(11)12/h4-7,9,11H,8,14H2,1-3H3. The zero-order chi connectivity index (χ0) is 11.1. The van der Waals surface area contributed by atoms with E-state index in [0.717, 1.165) is 12.2 Å². The third kappa shape index (κ3) is 2.00. The maximum Gasteiger partial charge on any atom is 0.123 e. The monoisotopic (exact) mass is 205 g/mol. The van der Waals surface area contributed by atoms with Gasteiger partial charge in [-0.3, -0.25) is 0 Å². The van der Waals surface area contributed by atoms with Crippen LogP contribution in [-0.2, 0) is 0 Å². The predicted molar refractivity (Wildman–Crippen MR) is 62.2 cm³/mol. The van der Waals surface area contributed by atoms with E-state index < -0.39 is 0 Å². The van der Waals surface area contributed by atoms with Gasteiger partial charge in [-0.1, -0.05) is 18.2 Å². The molecule has 0 spiro atoms. The van der Waals surface area contributed by atoms with Crippen molar-refractivity contribution in [1.82, 2.24) is 0 Å². The number of nitrogens with two attached hydrogens (primary N) is 1. The molecule has 0 bridgehead atoms. The summed E-state index contributed by atoms with van der Waals surface area (Å²) in [6.45, 7) is 6.32. The van der Waals surface area contributed by atoms with Gasteiger partial charge in [0.2, 0.25) is 0 Å². The second-order valence-corrected chi connectivity index (χ2v) is 5.07. The first kappa shape index (κ1) is 10.5. The first-order valence-electron chi connectivity index (χ1n) is 5.53. The Hall–Kier alpha value is -1.02. The molecule has 2 unspecified atom stereocenters. The number of fused-ring (bicyclic) bond motifs is 1. The molecule has 0 aromatic heterocycles. The lowest BCUT2D eigenvalue weighted by molar-refractivity contribution is 0.0684. The van der Waals surface area contributed by atoms with Gasteiger partial charge in [0.15, 0.2) is 0 Å². The van der Waals surface area contributed by atoms with Gasteiger partial charge < -0.3 is 10.5 Å². The highest BCUT2D eigenvalue weighted by molar-refractivity contribution is 5.39. The van der Waals surface area contributed by atoms with Crippen molar-refractivity contribution >= 4 is 0 Å². The number of rotatable bonds is 1. The Kier molecular flexibility index (Phi) is 2.47. The molecule has 1 aromatic rings. The first-order chi connectivity index (χ1) is 6.99. The van der Waals surface area contributed by atoms with Crippen LogP contribution in [0.1, 0.15) is 38.7 Å². The van der Waals surface area contributed by atoms with Crippen molar-refractivity contribution < 1.29 is 4.74 Å². The zero-order valence-electron chi connectivity index (χ0n) is 9.66. The molecule has 82 valence electrons. The third-order valence-corrected chi connectivity index (χ3v) is 3.05. The molecule has 2 rings (SSSR count). The van der Waals surface area contributed by atoms with Gasteiger partial charge >= 0.3 is 0 Å². The summed E-state index contributed by atoms with van der Waals surface area (Å²) < 4.78 is 5.94. The van der Waals surface area contributed by atoms with Gasteiger partial charge in [0.25, 0.3) is 0 Å². The minimum atomic E-state index is -0.105. The zero-order valence-corrected chi connectivity index (χ0v) is 9.66. The summed E-state index contributed by atoms with van der Waals surface area (Å²) in [5.74, 6) is 1.40. The Morgan fingerprint density at radius 1 is 1.40 bits per heavy atom. The number of para-hydroxylation sites is 1. The Bertz CT molecular complexity index is 357. The summed E-state index contributed by atoms with van der Waals surface area (Å²) in [5.41, 5.74) is 7.20. The van der Waals surface area contributed by atoms with E-state index in [9.17, 15) is 0 Å². The lowest BCUT2D eigenvalue weighted by atomic mass is 9.81. The van der Waals surface area contributed by atoms with Crippen LogP contribution in [0.25, 0.3) is 0 Å². The predicted octanol–water partition coefficient (Wildman–Crippen LogP) is 2.68. The van der Waals surface area contributed by atoms with E-state index in [-0.39, 0.29) is 11.6 Å². The first-order valence-corrected chi connectivity index (χ1v) is 5.53. The molecule has 0 radical (unpaired) electrons. The van der Waals surface area contributed by atoms with Gasteiger partial charge in [-0.05, 0) is 38.8 Å². The molecule has 0 saturated heterocycles. The van der Waals surface area contributed by atoms with Crippen molar-refractivity contribution in [2.75, 3.05) is 0 Å². The number of ether oxygens (including phenoxy) is 1. The maximum absolute atomic E-state index is 6.05. The van der Waals surface area contributed by atoms with Crippen molar-refractivity contribution in [3.05, 3.63) is 29.8 Å². The van der Waals surface area contributed by atoms with Crippen LogP contribution >= 0.6 is 0 Å². The van der Waals surface area contributed by atoms with E-state index in [4.69, 9.17) is 10.5 Å². The highest BCUT2D eigenvalue weighted by atomic mass is 16.5. The van der Waals surface area contributed by atoms with Gasteiger partial charge in [0, 0.05) is 12.0 Å². The van der Waals surface area contributed by atoms with E-state index in [1.165, 1.54) is 5.56 Å². The Labute approximate surface area is 91.4 Å². The van der Waals surface area contributed by atoms with Gasteiger partial charge in [-0.2, -0.15) is 0 Å². The highest BCUT2D eigenvalue weighted by Gasteiger charge is 2.34. The van der Waals surface area contributed by atoms with Gasteiger partial charge in [-0.15, -0.1) is 0 Å². The molecule has 0 saturated carbocycles. The summed E-state index contributed by atoms with van der Waals surface area (Å²) in [4.78, 5) is 0. The Morgan fingerprint density at radius 2 is 2.07 bits per heavy atom. The largest absolute Gasteiger partial charge is 0.488 e. The molecule has 1 aliphatic heterocycles. The fourth-order valence-corrected chi connectivity index (χ4v) is 2.33. The van der Waals surface area contributed by atoms with Crippen LogP contribution in [0.2, 0.25) is 0 Å². The smallest absolute Gasteiger partial charge is 0.123 e. The van der Waals surface area contributed by atoms with E-state index in [1.807, 2.05) is 12.1 Å². The van der Waals surface area contributed by atoms with Gasteiger partial charge in [0.1, 0.15) is 11.4 Å². The minimum Gasteiger partial charge on any atom is -0.488 e.